The van der Waals surface area contributed by atoms with Gasteiger partial charge in [-0.1, -0.05) is 49.4 Å². The van der Waals surface area contributed by atoms with Crippen molar-refractivity contribution in [2.45, 2.75) is 25.1 Å². The van der Waals surface area contributed by atoms with E-state index in [1.54, 1.807) is 12.1 Å². The zero-order chi connectivity index (χ0) is 17.4. The molecule has 0 radical (unpaired) electrons. The Morgan fingerprint density at radius 3 is 2.33 bits per heavy atom. The zero-order valence-electron chi connectivity index (χ0n) is 13.6. The van der Waals surface area contributed by atoms with Crippen LogP contribution in [0.25, 0.3) is 0 Å². The van der Waals surface area contributed by atoms with Crippen LogP contribution in [0.1, 0.15) is 40.9 Å². The summed E-state index contributed by atoms with van der Waals surface area (Å²) in [5, 5.41) is 11.9. The van der Waals surface area contributed by atoms with Gasteiger partial charge in [-0.2, -0.15) is 11.8 Å². The number of aliphatic carboxylic acids is 1. The molecule has 0 fully saturated rings. The van der Waals surface area contributed by atoms with E-state index in [4.69, 9.17) is 5.11 Å². The van der Waals surface area contributed by atoms with E-state index in [0.29, 0.717) is 5.56 Å². The minimum absolute atomic E-state index is 0.152. The van der Waals surface area contributed by atoms with Crippen molar-refractivity contribution in [2.75, 3.05) is 5.75 Å². The van der Waals surface area contributed by atoms with Gasteiger partial charge in [0.05, 0.1) is 12.5 Å². The number of carbonyl (C=O) groups is 2. The second-order valence-corrected chi connectivity index (χ2v) is 6.64. The summed E-state index contributed by atoms with van der Waals surface area (Å²) in [6.07, 6.45) is -0.152. The Hall–Kier alpha value is -2.27. The fraction of sp³-hybridized carbons (Fsp3) is 0.263. The Kier molecular flexibility index (Phi) is 6.88. The summed E-state index contributed by atoms with van der Waals surface area (Å²) < 4.78 is 0. The second-order valence-electron chi connectivity index (χ2n) is 5.37. The van der Waals surface area contributed by atoms with Crippen LogP contribution in [0.5, 0.6) is 0 Å². The molecule has 0 saturated carbocycles. The van der Waals surface area contributed by atoms with E-state index in [1.807, 2.05) is 54.2 Å². The summed E-state index contributed by atoms with van der Waals surface area (Å²) in [5.74, 6) is 0.760. The molecule has 126 valence electrons. The summed E-state index contributed by atoms with van der Waals surface area (Å²) in [4.78, 5) is 23.5. The van der Waals surface area contributed by atoms with E-state index in [-0.39, 0.29) is 12.3 Å². The van der Waals surface area contributed by atoms with E-state index < -0.39 is 12.0 Å². The quantitative estimate of drug-likeness (QED) is 0.763. The molecule has 5 heteroatoms. The maximum absolute atomic E-state index is 12.4. The van der Waals surface area contributed by atoms with Gasteiger partial charge >= 0.3 is 5.97 Å². The molecular weight excluding hydrogens is 322 g/mol. The molecular formula is C19H21NO3S. The number of benzene rings is 2. The second kappa shape index (κ2) is 9.13. The minimum Gasteiger partial charge on any atom is -0.481 e. The first-order valence-electron chi connectivity index (χ1n) is 7.84. The number of carboxylic acid groups (broad SMARTS) is 1. The fourth-order valence-corrected chi connectivity index (χ4v) is 2.96. The highest BCUT2D eigenvalue weighted by atomic mass is 32.2. The van der Waals surface area contributed by atoms with E-state index in [2.05, 4.69) is 12.2 Å². The lowest BCUT2D eigenvalue weighted by Crippen LogP contribution is -2.30. The number of hydrogen-bond acceptors (Lipinski definition) is 3. The van der Waals surface area contributed by atoms with Crippen LogP contribution in [0.3, 0.4) is 0 Å². The highest BCUT2D eigenvalue weighted by molar-refractivity contribution is 7.98. The maximum Gasteiger partial charge on any atom is 0.305 e. The zero-order valence-corrected chi connectivity index (χ0v) is 14.4. The van der Waals surface area contributed by atoms with Crippen molar-refractivity contribution in [2.24, 2.45) is 0 Å². The van der Waals surface area contributed by atoms with Crippen molar-refractivity contribution in [3.8, 4) is 0 Å². The average Bonchev–Trinajstić information content (AvgIpc) is 2.60. The molecule has 0 aliphatic carbocycles. The van der Waals surface area contributed by atoms with Crippen LogP contribution in [0.2, 0.25) is 0 Å². The van der Waals surface area contributed by atoms with Crippen LogP contribution in [0.4, 0.5) is 0 Å². The third kappa shape index (κ3) is 5.42. The van der Waals surface area contributed by atoms with Gasteiger partial charge in [-0.15, -0.1) is 0 Å². The third-order valence-corrected chi connectivity index (χ3v) is 4.52. The van der Waals surface area contributed by atoms with Gasteiger partial charge in [0.25, 0.3) is 5.91 Å². The van der Waals surface area contributed by atoms with Crippen molar-refractivity contribution < 1.29 is 14.7 Å². The molecule has 2 rings (SSSR count). The third-order valence-electron chi connectivity index (χ3n) is 3.57. The van der Waals surface area contributed by atoms with Crippen molar-refractivity contribution in [1.29, 1.82) is 0 Å². The largest absolute Gasteiger partial charge is 0.481 e. The Balaban J connectivity index is 2.08. The molecule has 2 aromatic carbocycles. The number of thioether (sulfide) groups is 1. The number of carboxylic acids is 1. The number of carbonyl (C=O) groups excluding carboxylic acids is 1. The molecule has 0 bridgehead atoms. The highest BCUT2D eigenvalue weighted by Gasteiger charge is 2.18. The molecule has 1 amide bonds. The standard InChI is InChI=1S/C19H21NO3S/c1-2-24-13-14-8-10-16(11-9-14)19(23)20-17(12-18(21)22)15-6-4-3-5-7-15/h3-11,17H,2,12-13H2,1H3,(H,20,23)(H,21,22). The van der Waals surface area contributed by atoms with Crippen LogP contribution in [-0.2, 0) is 10.5 Å². The van der Waals surface area contributed by atoms with E-state index in [1.165, 1.54) is 5.56 Å². The molecule has 0 saturated heterocycles. The van der Waals surface area contributed by atoms with Crippen molar-refractivity contribution >= 4 is 23.6 Å². The Labute approximate surface area is 146 Å². The lowest BCUT2D eigenvalue weighted by molar-refractivity contribution is -0.137. The maximum atomic E-state index is 12.4. The smallest absolute Gasteiger partial charge is 0.305 e. The Morgan fingerprint density at radius 1 is 1.08 bits per heavy atom. The summed E-state index contributed by atoms with van der Waals surface area (Å²) in [6.45, 7) is 2.11. The molecule has 0 aliphatic rings. The SMILES string of the molecule is CCSCc1ccc(C(=O)NC(CC(=O)O)c2ccccc2)cc1. The summed E-state index contributed by atoms with van der Waals surface area (Å²) in [6, 6.07) is 16.0. The number of hydrogen-bond donors (Lipinski definition) is 2. The van der Waals surface area contributed by atoms with Gasteiger partial charge in [-0.3, -0.25) is 9.59 Å². The number of rotatable bonds is 8. The minimum atomic E-state index is -0.948. The van der Waals surface area contributed by atoms with Gasteiger partial charge in [0.15, 0.2) is 0 Å². The highest BCUT2D eigenvalue weighted by Crippen LogP contribution is 2.18. The van der Waals surface area contributed by atoms with E-state index in [9.17, 15) is 9.59 Å². The van der Waals surface area contributed by atoms with Gasteiger partial charge in [-0.05, 0) is 29.0 Å². The van der Waals surface area contributed by atoms with Gasteiger partial charge in [0.2, 0.25) is 0 Å². The van der Waals surface area contributed by atoms with Gasteiger partial charge in [0.1, 0.15) is 0 Å². The molecule has 0 heterocycles. The van der Waals surface area contributed by atoms with Crippen molar-refractivity contribution in [1.82, 2.24) is 5.32 Å². The lowest BCUT2D eigenvalue weighted by atomic mass is 10.0. The molecule has 1 atom stereocenters. The first kappa shape index (κ1) is 18.1. The van der Waals surface area contributed by atoms with Crippen LogP contribution >= 0.6 is 11.8 Å². The Bertz CT molecular complexity index is 671. The lowest BCUT2D eigenvalue weighted by Gasteiger charge is -2.17. The molecule has 2 N–H and O–H groups in total. The van der Waals surface area contributed by atoms with Crippen LogP contribution in [-0.4, -0.2) is 22.7 Å². The average molecular weight is 343 g/mol. The summed E-state index contributed by atoms with van der Waals surface area (Å²) in [7, 11) is 0. The molecule has 4 nitrogen and oxygen atoms in total. The Morgan fingerprint density at radius 2 is 1.75 bits per heavy atom. The first-order chi connectivity index (χ1) is 11.6. The molecule has 0 spiro atoms. The normalized spacial score (nSPS) is 11.7. The van der Waals surface area contributed by atoms with Gasteiger partial charge in [0, 0.05) is 11.3 Å². The molecule has 24 heavy (non-hydrogen) atoms. The molecule has 0 aromatic heterocycles. The summed E-state index contributed by atoms with van der Waals surface area (Å²) in [5.41, 5.74) is 2.49. The van der Waals surface area contributed by atoms with Gasteiger partial charge < -0.3 is 10.4 Å². The van der Waals surface area contributed by atoms with Gasteiger partial charge in [-0.25, -0.2) is 0 Å². The monoisotopic (exact) mass is 343 g/mol. The summed E-state index contributed by atoms with van der Waals surface area (Å²) >= 11 is 1.82. The first-order valence-corrected chi connectivity index (χ1v) is 9.00. The van der Waals surface area contributed by atoms with E-state index in [0.717, 1.165) is 17.1 Å². The predicted octanol–water partition coefficient (Wildman–Crippen LogP) is 3.89. The fourth-order valence-electron chi connectivity index (χ4n) is 2.33. The molecule has 1 unspecified atom stereocenters. The van der Waals surface area contributed by atoms with Crippen LogP contribution in [0.15, 0.2) is 54.6 Å². The van der Waals surface area contributed by atoms with E-state index >= 15 is 0 Å². The van der Waals surface area contributed by atoms with Crippen molar-refractivity contribution in [3.05, 3.63) is 71.3 Å². The molecule has 0 aliphatic heterocycles. The number of amides is 1. The van der Waals surface area contributed by atoms with Crippen LogP contribution in [0, 0.1) is 0 Å². The topological polar surface area (TPSA) is 66.4 Å². The van der Waals surface area contributed by atoms with Crippen LogP contribution < -0.4 is 5.32 Å². The molecule has 2 aromatic rings. The predicted molar refractivity (Wildman–Crippen MR) is 97.2 cm³/mol. The number of nitrogens with one attached hydrogen (secondary N) is 1. The van der Waals surface area contributed by atoms with Crippen molar-refractivity contribution in [3.63, 3.8) is 0 Å².